The number of hydrogen-bond donors (Lipinski definition) is 2. The predicted molar refractivity (Wildman–Crippen MR) is 92.0 cm³/mol. The number of nitrogens with zero attached hydrogens (tertiary/aromatic N) is 3. The van der Waals surface area contributed by atoms with Crippen LogP contribution in [0, 0.1) is 5.82 Å². The van der Waals surface area contributed by atoms with Crippen molar-refractivity contribution in [3.8, 4) is 0 Å². The summed E-state index contributed by atoms with van der Waals surface area (Å²) in [6, 6.07) is 6.02. The van der Waals surface area contributed by atoms with Crippen molar-refractivity contribution in [1.29, 1.82) is 0 Å². The maximum atomic E-state index is 13.1. The molecule has 128 valence electrons. The molecule has 0 fully saturated rings. The van der Waals surface area contributed by atoms with Crippen LogP contribution in [-0.2, 0) is 9.59 Å². The molecule has 2 N–H and O–H groups in total. The van der Waals surface area contributed by atoms with E-state index in [4.69, 9.17) is 0 Å². The number of amides is 2. The maximum Gasteiger partial charge on any atom is 0.239 e. The van der Waals surface area contributed by atoms with Crippen molar-refractivity contribution in [3.63, 3.8) is 0 Å². The third-order valence-electron chi connectivity index (χ3n) is 2.89. The van der Waals surface area contributed by atoms with Crippen LogP contribution in [0.3, 0.4) is 0 Å². The van der Waals surface area contributed by atoms with Crippen molar-refractivity contribution in [1.82, 2.24) is 20.4 Å². The highest BCUT2D eigenvalue weighted by Crippen LogP contribution is 2.27. The number of halogens is 1. The lowest BCUT2D eigenvalue weighted by atomic mass is 10.3. The first kappa shape index (κ1) is 18.1. The number of aromatic nitrogens is 2. The number of hydrogen-bond acceptors (Lipinski definition) is 7. The highest BCUT2D eigenvalue weighted by Gasteiger charge is 2.14. The van der Waals surface area contributed by atoms with E-state index < -0.39 is 0 Å². The van der Waals surface area contributed by atoms with Crippen LogP contribution >= 0.6 is 23.1 Å². The standard InChI is InChI=1S/C14H16FN5O2S2/c1-16-11(21)7-20(2)12(22)8-23-14-19-18-13(24-14)17-10-5-3-4-9(15)6-10/h3-6H,7-8H2,1-2H3,(H,16,21)(H,17,18). The van der Waals surface area contributed by atoms with E-state index in [2.05, 4.69) is 20.8 Å². The highest BCUT2D eigenvalue weighted by atomic mass is 32.2. The Kier molecular flexibility index (Phi) is 6.50. The summed E-state index contributed by atoms with van der Waals surface area (Å²) in [4.78, 5) is 24.5. The fourth-order valence-corrected chi connectivity index (χ4v) is 3.34. The number of thioether (sulfide) groups is 1. The Hall–Kier alpha value is -2.20. The first-order valence-corrected chi connectivity index (χ1v) is 8.71. The molecule has 0 atom stereocenters. The van der Waals surface area contributed by atoms with Crippen molar-refractivity contribution in [2.45, 2.75) is 4.34 Å². The van der Waals surface area contributed by atoms with Crippen LogP contribution in [0.1, 0.15) is 0 Å². The Morgan fingerprint density at radius 1 is 1.38 bits per heavy atom. The minimum atomic E-state index is -0.344. The fourth-order valence-electron chi connectivity index (χ4n) is 1.62. The molecule has 10 heteroatoms. The van der Waals surface area contributed by atoms with Crippen molar-refractivity contribution in [2.75, 3.05) is 31.7 Å². The zero-order valence-electron chi connectivity index (χ0n) is 13.1. The Morgan fingerprint density at radius 3 is 2.88 bits per heavy atom. The Bertz CT molecular complexity index is 725. The average Bonchev–Trinajstić information content (AvgIpc) is 2.99. The Labute approximate surface area is 146 Å². The second-order valence-electron chi connectivity index (χ2n) is 4.72. The van der Waals surface area contributed by atoms with Crippen LogP contribution in [0.25, 0.3) is 0 Å². The lowest BCUT2D eigenvalue weighted by molar-refractivity contribution is -0.132. The van der Waals surface area contributed by atoms with Gasteiger partial charge in [-0.05, 0) is 18.2 Å². The van der Waals surface area contributed by atoms with E-state index in [1.807, 2.05) is 0 Å². The van der Waals surface area contributed by atoms with Gasteiger partial charge in [0.15, 0.2) is 4.34 Å². The summed E-state index contributed by atoms with van der Waals surface area (Å²) in [6.07, 6.45) is 0. The molecule has 7 nitrogen and oxygen atoms in total. The van der Waals surface area contributed by atoms with Gasteiger partial charge in [-0.25, -0.2) is 4.39 Å². The summed E-state index contributed by atoms with van der Waals surface area (Å²) in [7, 11) is 3.08. The zero-order chi connectivity index (χ0) is 17.5. The molecule has 0 aliphatic carbocycles. The molecular formula is C14H16FN5O2S2. The molecule has 0 spiro atoms. The summed E-state index contributed by atoms with van der Waals surface area (Å²) in [5, 5.41) is 13.8. The minimum absolute atomic E-state index is 0.0123. The predicted octanol–water partition coefficient (Wildman–Crippen LogP) is 1.72. The molecule has 0 aliphatic heterocycles. The molecule has 24 heavy (non-hydrogen) atoms. The molecule has 2 rings (SSSR count). The van der Waals surface area contributed by atoms with Crippen LogP contribution in [0.15, 0.2) is 28.6 Å². The van der Waals surface area contributed by atoms with Gasteiger partial charge in [0, 0.05) is 19.8 Å². The smallest absolute Gasteiger partial charge is 0.239 e. The summed E-state index contributed by atoms with van der Waals surface area (Å²) >= 11 is 2.50. The van der Waals surface area contributed by atoms with Gasteiger partial charge in [0.05, 0.1) is 12.3 Å². The molecule has 2 aromatic rings. The number of carbonyl (C=O) groups is 2. The van der Waals surface area contributed by atoms with Gasteiger partial charge in [-0.15, -0.1) is 10.2 Å². The van der Waals surface area contributed by atoms with Crippen LogP contribution in [0.4, 0.5) is 15.2 Å². The van der Waals surface area contributed by atoms with E-state index in [1.54, 1.807) is 19.2 Å². The first-order chi connectivity index (χ1) is 11.5. The van der Waals surface area contributed by atoms with Crippen LogP contribution < -0.4 is 10.6 Å². The van der Waals surface area contributed by atoms with Crippen molar-refractivity contribution in [3.05, 3.63) is 30.1 Å². The number of nitrogens with one attached hydrogen (secondary N) is 2. The second kappa shape index (κ2) is 8.60. The molecule has 0 saturated carbocycles. The van der Waals surface area contributed by atoms with Crippen molar-refractivity contribution in [2.24, 2.45) is 0 Å². The monoisotopic (exact) mass is 369 g/mol. The zero-order valence-corrected chi connectivity index (χ0v) is 14.7. The molecule has 0 unspecified atom stereocenters. The van der Waals surface area contributed by atoms with E-state index in [-0.39, 0.29) is 29.9 Å². The van der Waals surface area contributed by atoms with Gasteiger partial charge in [-0.1, -0.05) is 29.2 Å². The number of anilines is 2. The van der Waals surface area contributed by atoms with E-state index >= 15 is 0 Å². The summed E-state index contributed by atoms with van der Waals surface area (Å²) in [5.74, 6) is -0.599. The molecular weight excluding hydrogens is 353 g/mol. The third-order valence-corrected chi connectivity index (χ3v) is 4.84. The SMILES string of the molecule is CNC(=O)CN(C)C(=O)CSc1nnc(Nc2cccc(F)c2)s1. The molecule has 1 aromatic carbocycles. The van der Waals surface area contributed by atoms with E-state index in [0.717, 1.165) is 0 Å². The maximum absolute atomic E-state index is 13.1. The molecule has 1 heterocycles. The molecule has 1 aromatic heterocycles. The third kappa shape index (κ3) is 5.46. The van der Waals surface area contributed by atoms with Crippen molar-refractivity contribution >= 4 is 45.7 Å². The van der Waals surface area contributed by atoms with E-state index in [9.17, 15) is 14.0 Å². The van der Waals surface area contributed by atoms with Gasteiger partial charge >= 0.3 is 0 Å². The lowest BCUT2D eigenvalue weighted by Crippen LogP contribution is -2.37. The fraction of sp³-hybridized carbons (Fsp3) is 0.286. The molecule has 0 saturated heterocycles. The summed E-state index contributed by atoms with van der Waals surface area (Å²) in [6.45, 7) is 0.0123. The molecule has 0 bridgehead atoms. The van der Waals surface area contributed by atoms with Gasteiger partial charge in [0.25, 0.3) is 0 Å². The lowest BCUT2D eigenvalue weighted by Gasteiger charge is -2.15. The van der Waals surface area contributed by atoms with Crippen LogP contribution in [0.5, 0.6) is 0 Å². The van der Waals surface area contributed by atoms with Gasteiger partial charge in [-0.3, -0.25) is 9.59 Å². The largest absolute Gasteiger partial charge is 0.358 e. The number of benzene rings is 1. The Balaban J connectivity index is 1.85. The van der Waals surface area contributed by atoms with Gasteiger partial charge < -0.3 is 15.5 Å². The molecule has 0 aliphatic rings. The Morgan fingerprint density at radius 2 is 2.17 bits per heavy atom. The van der Waals surface area contributed by atoms with Crippen LogP contribution in [-0.4, -0.2) is 53.3 Å². The minimum Gasteiger partial charge on any atom is -0.358 e. The van der Waals surface area contributed by atoms with Gasteiger partial charge in [0.2, 0.25) is 16.9 Å². The number of likely N-dealkylation sites (N-methyl/N-ethyl adjacent to an activating group) is 2. The van der Waals surface area contributed by atoms with Crippen LogP contribution in [0.2, 0.25) is 0 Å². The van der Waals surface area contributed by atoms with E-state index in [0.29, 0.717) is 15.2 Å². The number of rotatable bonds is 7. The topological polar surface area (TPSA) is 87.2 Å². The quantitative estimate of drug-likeness (QED) is 0.723. The summed E-state index contributed by atoms with van der Waals surface area (Å²) < 4.78 is 13.7. The van der Waals surface area contributed by atoms with Gasteiger partial charge in [0.1, 0.15) is 5.82 Å². The molecule has 0 radical (unpaired) electrons. The number of carbonyl (C=O) groups excluding carboxylic acids is 2. The van der Waals surface area contributed by atoms with Gasteiger partial charge in [-0.2, -0.15) is 0 Å². The average molecular weight is 369 g/mol. The van der Waals surface area contributed by atoms with Crippen molar-refractivity contribution < 1.29 is 14.0 Å². The highest BCUT2D eigenvalue weighted by molar-refractivity contribution is 8.01. The first-order valence-electron chi connectivity index (χ1n) is 6.91. The van der Waals surface area contributed by atoms with E-state index in [1.165, 1.54) is 47.2 Å². The second-order valence-corrected chi connectivity index (χ2v) is 6.92. The summed E-state index contributed by atoms with van der Waals surface area (Å²) in [5.41, 5.74) is 0.573. The normalized spacial score (nSPS) is 10.3. The molecule has 2 amide bonds.